The van der Waals surface area contributed by atoms with Crippen molar-refractivity contribution in [1.82, 2.24) is 0 Å². The molecule has 0 amide bonds. The molecule has 1 aromatic heterocycles. The second kappa shape index (κ2) is 6.94. The van der Waals surface area contributed by atoms with E-state index < -0.39 is 0 Å². The predicted molar refractivity (Wildman–Crippen MR) is 82.3 cm³/mol. The number of hydrogen-bond acceptors (Lipinski definition) is 3. The van der Waals surface area contributed by atoms with Crippen LogP contribution in [0.2, 0.25) is 4.34 Å². The van der Waals surface area contributed by atoms with Crippen molar-refractivity contribution in [2.24, 2.45) is 5.73 Å². The molecule has 2 rings (SSSR count). The summed E-state index contributed by atoms with van der Waals surface area (Å²) in [5, 5.41) is 0. The van der Waals surface area contributed by atoms with Gasteiger partial charge in [-0.2, -0.15) is 0 Å². The maximum absolute atomic E-state index is 6.16. The molecule has 0 aliphatic rings. The first-order valence-corrected chi connectivity index (χ1v) is 7.49. The lowest BCUT2D eigenvalue weighted by atomic mass is 10.0. The van der Waals surface area contributed by atoms with Gasteiger partial charge in [-0.25, -0.2) is 0 Å². The minimum absolute atomic E-state index is 0.178. The Hall–Kier alpha value is -1.03. The van der Waals surface area contributed by atoms with Gasteiger partial charge in [-0.05, 0) is 49.1 Å². The lowest BCUT2D eigenvalue weighted by Gasteiger charge is -2.10. The maximum atomic E-state index is 6.16. The third kappa shape index (κ3) is 4.53. The minimum Gasteiger partial charge on any atom is -0.497 e. The molecule has 4 heteroatoms. The van der Waals surface area contributed by atoms with Crippen LogP contribution in [-0.4, -0.2) is 13.2 Å². The van der Waals surface area contributed by atoms with Gasteiger partial charge in [-0.15, -0.1) is 11.3 Å². The molecule has 0 radical (unpaired) electrons. The minimum atomic E-state index is 0.178. The Bertz CT molecular complexity index is 509. The van der Waals surface area contributed by atoms with Crippen molar-refractivity contribution in [3.8, 4) is 5.75 Å². The highest BCUT2D eigenvalue weighted by atomic mass is 35.5. The van der Waals surface area contributed by atoms with Gasteiger partial charge in [0.15, 0.2) is 0 Å². The number of thiophene rings is 1. The summed E-state index contributed by atoms with van der Waals surface area (Å²) in [6.07, 6.45) is 2.86. The molecule has 0 spiro atoms. The summed E-state index contributed by atoms with van der Waals surface area (Å²) >= 11 is 7.52. The molecule has 1 aromatic carbocycles. The van der Waals surface area contributed by atoms with E-state index in [0.29, 0.717) is 0 Å². The zero-order valence-electron chi connectivity index (χ0n) is 10.9. The van der Waals surface area contributed by atoms with E-state index in [4.69, 9.17) is 22.1 Å². The van der Waals surface area contributed by atoms with Crippen LogP contribution in [0.4, 0.5) is 0 Å². The monoisotopic (exact) mass is 295 g/mol. The molecular weight excluding hydrogens is 278 g/mol. The normalized spacial score (nSPS) is 12.4. The average Bonchev–Trinajstić information content (AvgIpc) is 2.82. The molecule has 1 unspecified atom stereocenters. The fourth-order valence-electron chi connectivity index (χ4n) is 1.97. The van der Waals surface area contributed by atoms with Crippen molar-refractivity contribution in [2.45, 2.75) is 25.3 Å². The molecular formula is C15H18ClNOS. The number of methoxy groups -OCH3 is 1. The van der Waals surface area contributed by atoms with Crippen LogP contribution >= 0.6 is 22.9 Å². The Morgan fingerprint density at radius 3 is 2.53 bits per heavy atom. The number of halogens is 1. The molecule has 0 saturated carbocycles. The molecule has 0 aliphatic heterocycles. The second-order valence-electron chi connectivity index (χ2n) is 4.56. The van der Waals surface area contributed by atoms with Gasteiger partial charge < -0.3 is 10.5 Å². The second-order valence-corrected chi connectivity index (χ2v) is 6.36. The van der Waals surface area contributed by atoms with Gasteiger partial charge in [0, 0.05) is 10.9 Å². The number of nitrogens with two attached hydrogens (primary N) is 1. The summed E-state index contributed by atoms with van der Waals surface area (Å²) in [7, 11) is 1.68. The Labute approximate surface area is 123 Å². The lowest BCUT2D eigenvalue weighted by molar-refractivity contribution is 0.414. The van der Waals surface area contributed by atoms with E-state index in [1.54, 1.807) is 18.4 Å². The number of aryl methyl sites for hydroxylation is 1. The van der Waals surface area contributed by atoms with Crippen LogP contribution in [0, 0.1) is 0 Å². The number of benzene rings is 1. The van der Waals surface area contributed by atoms with Crippen LogP contribution in [-0.2, 0) is 12.8 Å². The molecule has 0 bridgehead atoms. The summed E-state index contributed by atoms with van der Waals surface area (Å²) in [4.78, 5) is 1.26. The zero-order chi connectivity index (χ0) is 13.7. The van der Waals surface area contributed by atoms with Crippen molar-refractivity contribution in [3.05, 3.63) is 51.2 Å². The Morgan fingerprint density at radius 1 is 1.21 bits per heavy atom. The highest BCUT2D eigenvalue weighted by Gasteiger charge is 2.07. The highest BCUT2D eigenvalue weighted by Crippen LogP contribution is 2.23. The van der Waals surface area contributed by atoms with Gasteiger partial charge in [0.1, 0.15) is 5.75 Å². The molecule has 1 atom stereocenters. The molecule has 2 aromatic rings. The maximum Gasteiger partial charge on any atom is 0.118 e. The topological polar surface area (TPSA) is 35.2 Å². The fourth-order valence-corrected chi connectivity index (χ4v) is 3.15. The summed E-state index contributed by atoms with van der Waals surface area (Å²) in [6, 6.07) is 12.3. The third-order valence-corrected chi connectivity index (χ3v) is 4.31. The van der Waals surface area contributed by atoms with E-state index in [1.165, 1.54) is 10.4 Å². The molecule has 2 nitrogen and oxygen atoms in total. The summed E-state index contributed by atoms with van der Waals surface area (Å²) in [5.41, 5.74) is 7.45. The van der Waals surface area contributed by atoms with Crippen LogP contribution in [0.25, 0.3) is 0 Å². The molecule has 0 fully saturated rings. The Kier molecular flexibility index (Phi) is 5.25. The molecule has 1 heterocycles. The van der Waals surface area contributed by atoms with E-state index in [9.17, 15) is 0 Å². The predicted octanol–water partition coefficient (Wildman–Crippen LogP) is 3.91. The van der Waals surface area contributed by atoms with Crippen molar-refractivity contribution in [3.63, 3.8) is 0 Å². The van der Waals surface area contributed by atoms with Crippen molar-refractivity contribution < 1.29 is 4.74 Å². The van der Waals surface area contributed by atoms with Gasteiger partial charge in [-0.1, -0.05) is 23.7 Å². The standard InChI is InChI=1S/C15H18ClNOS/c1-18-13-6-3-11(4-7-13)2-5-12(17)10-14-8-9-15(16)19-14/h3-4,6-9,12H,2,5,10,17H2,1H3. The lowest BCUT2D eigenvalue weighted by Crippen LogP contribution is -2.23. The Morgan fingerprint density at radius 2 is 1.95 bits per heavy atom. The average molecular weight is 296 g/mol. The molecule has 0 saturated heterocycles. The van der Waals surface area contributed by atoms with Crippen LogP contribution in [0.5, 0.6) is 5.75 Å². The third-order valence-electron chi connectivity index (χ3n) is 3.06. The van der Waals surface area contributed by atoms with Gasteiger partial charge >= 0.3 is 0 Å². The van der Waals surface area contributed by atoms with Gasteiger partial charge in [-0.3, -0.25) is 0 Å². The summed E-state index contributed by atoms with van der Waals surface area (Å²) < 4.78 is 5.97. The quantitative estimate of drug-likeness (QED) is 0.877. The van der Waals surface area contributed by atoms with E-state index in [1.807, 2.05) is 18.2 Å². The molecule has 102 valence electrons. The van der Waals surface area contributed by atoms with Gasteiger partial charge in [0.05, 0.1) is 11.4 Å². The smallest absolute Gasteiger partial charge is 0.118 e. The van der Waals surface area contributed by atoms with E-state index in [0.717, 1.165) is 29.3 Å². The van der Waals surface area contributed by atoms with Crippen LogP contribution in [0.1, 0.15) is 16.9 Å². The molecule has 2 N–H and O–H groups in total. The molecule has 19 heavy (non-hydrogen) atoms. The first-order valence-electron chi connectivity index (χ1n) is 6.30. The van der Waals surface area contributed by atoms with Crippen LogP contribution in [0.3, 0.4) is 0 Å². The van der Waals surface area contributed by atoms with Crippen LogP contribution < -0.4 is 10.5 Å². The zero-order valence-corrected chi connectivity index (χ0v) is 12.5. The fraction of sp³-hybridized carbons (Fsp3) is 0.333. The van der Waals surface area contributed by atoms with Crippen molar-refractivity contribution >= 4 is 22.9 Å². The number of ether oxygens (including phenoxy) is 1. The van der Waals surface area contributed by atoms with Gasteiger partial charge in [0.25, 0.3) is 0 Å². The first kappa shape index (κ1) is 14.4. The van der Waals surface area contributed by atoms with Crippen molar-refractivity contribution in [2.75, 3.05) is 7.11 Å². The Balaban J connectivity index is 1.80. The first-order chi connectivity index (χ1) is 9.17. The van der Waals surface area contributed by atoms with E-state index in [2.05, 4.69) is 18.2 Å². The highest BCUT2D eigenvalue weighted by molar-refractivity contribution is 7.16. The number of hydrogen-bond donors (Lipinski definition) is 1. The number of rotatable bonds is 6. The van der Waals surface area contributed by atoms with Crippen LogP contribution in [0.15, 0.2) is 36.4 Å². The largest absolute Gasteiger partial charge is 0.497 e. The van der Waals surface area contributed by atoms with E-state index in [-0.39, 0.29) is 6.04 Å². The van der Waals surface area contributed by atoms with Gasteiger partial charge in [0.2, 0.25) is 0 Å². The summed E-state index contributed by atoms with van der Waals surface area (Å²) in [5.74, 6) is 0.890. The molecule has 0 aliphatic carbocycles. The summed E-state index contributed by atoms with van der Waals surface area (Å²) in [6.45, 7) is 0. The van der Waals surface area contributed by atoms with E-state index >= 15 is 0 Å². The SMILES string of the molecule is COc1ccc(CCC(N)Cc2ccc(Cl)s2)cc1. The van der Waals surface area contributed by atoms with Crippen molar-refractivity contribution in [1.29, 1.82) is 0 Å².